The third kappa shape index (κ3) is 5.33. The number of nitrogens with zero attached hydrogens (tertiary/aromatic N) is 2. The number of aromatic nitrogens is 2. The number of rotatable bonds is 7. The summed E-state index contributed by atoms with van der Waals surface area (Å²) in [6.45, 7) is 1.74. The number of nitrogens with one attached hydrogen (secondary N) is 1. The first-order valence-electron chi connectivity index (χ1n) is 9.07. The molecular formula is C19H24ClN3O4S. The molecule has 2 aromatic rings. The van der Waals surface area contributed by atoms with Gasteiger partial charge in [0.2, 0.25) is 0 Å². The molecule has 0 unspecified atom stereocenters. The number of benzene rings is 1. The largest absolute Gasteiger partial charge is 0.382 e. The van der Waals surface area contributed by atoms with Crippen molar-refractivity contribution in [1.82, 2.24) is 9.78 Å². The van der Waals surface area contributed by atoms with Crippen LogP contribution in [0.4, 0.5) is 5.69 Å². The van der Waals surface area contributed by atoms with Gasteiger partial charge in [-0.05, 0) is 18.4 Å². The third-order valence-electron chi connectivity index (χ3n) is 4.94. The number of hydrogen-bond acceptors (Lipinski definition) is 6. The zero-order chi connectivity index (χ0) is 20.2. The third-order valence-corrected chi connectivity index (χ3v) is 6.44. The lowest BCUT2D eigenvalue weighted by atomic mass is 9.82. The smallest absolute Gasteiger partial charge is 0.287 e. The molecule has 152 valence electrons. The average Bonchev–Trinajstić information content (AvgIpc) is 2.65. The molecule has 1 aliphatic rings. The van der Waals surface area contributed by atoms with Gasteiger partial charge in [-0.15, -0.1) is 0 Å². The number of hydrogen-bond donors (Lipinski definition) is 1. The first-order valence-corrected chi connectivity index (χ1v) is 11.5. The minimum absolute atomic E-state index is 0.0486. The summed E-state index contributed by atoms with van der Waals surface area (Å²) in [5.41, 5.74) is 0.520. The summed E-state index contributed by atoms with van der Waals surface area (Å²) in [6, 6.07) is 9.52. The van der Waals surface area contributed by atoms with Gasteiger partial charge in [0.1, 0.15) is 14.9 Å². The molecule has 0 bridgehead atoms. The molecule has 1 fully saturated rings. The van der Waals surface area contributed by atoms with Crippen LogP contribution < -0.4 is 10.9 Å². The van der Waals surface area contributed by atoms with E-state index >= 15 is 0 Å². The molecule has 1 aromatic carbocycles. The van der Waals surface area contributed by atoms with Crippen LogP contribution in [-0.4, -0.2) is 50.0 Å². The van der Waals surface area contributed by atoms with Gasteiger partial charge in [0.05, 0.1) is 24.2 Å². The van der Waals surface area contributed by atoms with Gasteiger partial charge >= 0.3 is 0 Å². The summed E-state index contributed by atoms with van der Waals surface area (Å²) in [6.07, 6.45) is 4.01. The Kier molecular flexibility index (Phi) is 6.42. The number of halogens is 1. The van der Waals surface area contributed by atoms with Crippen molar-refractivity contribution in [1.29, 1.82) is 0 Å². The lowest BCUT2D eigenvalue weighted by Gasteiger charge is -2.37. The van der Waals surface area contributed by atoms with Gasteiger partial charge < -0.3 is 10.1 Å². The Hall–Kier alpha value is -1.90. The van der Waals surface area contributed by atoms with E-state index in [-0.39, 0.29) is 16.3 Å². The van der Waals surface area contributed by atoms with Crippen LogP contribution in [0.15, 0.2) is 41.3 Å². The molecular weight excluding hydrogens is 402 g/mol. The maximum Gasteiger partial charge on any atom is 0.287 e. The SMILES string of the molecule is CS(=O)(=O)CC1(CNc2cnn(Cc3ccccc3)c(=O)c2Cl)CCOCC1. The predicted molar refractivity (Wildman–Crippen MR) is 110 cm³/mol. The highest BCUT2D eigenvalue weighted by Crippen LogP contribution is 2.33. The van der Waals surface area contributed by atoms with Crippen molar-refractivity contribution >= 4 is 27.1 Å². The van der Waals surface area contributed by atoms with E-state index in [9.17, 15) is 13.2 Å². The molecule has 1 aliphatic heterocycles. The van der Waals surface area contributed by atoms with Crippen molar-refractivity contribution in [3.63, 3.8) is 0 Å². The highest BCUT2D eigenvalue weighted by Gasteiger charge is 2.36. The van der Waals surface area contributed by atoms with Crippen LogP contribution in [0, 0.1) is 5.41 Å². The Morgan fingerprint density at radius 3 is 2.57 bits per heavy atom. The summed E-state index contributed by atoms with van der Waals surface area (Å²) in [4.78, 5) is 12.6. The fraction of sp³-hybridized carbons (Fsp3) is 0.474. The van der Waals surface area contributed by atoms with Gasteiger partial charge in [0, 0.05) is 31.4 Å². The van der Waals surface area contributed by atoms with Crippen molar-refractivity contribution in [2.45, 2.75) is 19.4 Å². The lowest BCUT2D eigenvalue weighted by molar-refractivity contribution is 0.0315. The summed E-state index contributed by atoms with van der Waals surface area (Å²) in [5, 5.41) is 7.41. The molecule has 0 saturated carbocycles. The molecule has 9 heteroatoms. The molecule has 7 nitrogen and oxygen atoms in total. The quantitative estimate of drug-likeness (QED) is 0.731. The zero-order valence-electron chi connectivity index (χ0n) is 15.7. The molecule has 1 saturated heterocycles. The van der Waals surface area contributed by atoms with Gasteiger partial charge in [-0.1, -0.05) is 41.9 Å². The number of anilines is 1. The van der Waals surface area contributed by atoms with Crippen molar-refractivity contribution < 1.29 is 13.2 Å². The first-order chi connectivity index (χ1) is 13.3. The van der Waals surface area contributed by atoms with Crippen molar-refractivity contribution in [2.24, 2.45) is 5.41 Å². The van der Waals surface area contributed by atoms with Crippen molar-refractivity contribution in [2.75, 3.05) is 37.1 Å². The summed E-state index contributed by atoms with van der Waals surface area (Å²) in [5.74, 6) is 0.0620. The minimum Gasteiger partial charge on any atom is -0.382 e. The molecule has 2 heterocycles. The summed E-state index contributed by atoms with van der Waals surface area (Å²) >= 11 is 6.28. The molecule has 0 spiro atoms. The van der Waals surface area contributed by atoms with Gasteiger partial charge in [-0.2, -0.15) is 5.10 Å². The Labute approximate surface area is 169 Å². The van der Waals surface area contributed by atoms with Gasteiger partial charge in [-0.3, -0.25) is 4.79 Å². The van der Waals surface area contributed by atoms with Crippen LogP contribution in [-0.2, 0) is 21.1 Å². The molecule has 0 aliphatic carbocycles. The highest BCUT2D eigenvalue weighted by atomic mass is 35.5. The minimum atomic E-state index is -3.16. The van der Waals surface area contributed by atoms with E-state index in [0.717, 1.165) is 5.56 Å². The normalized spacial score (nSPS) is 16.6. The second-order valence-electron chi connectivity index (χ2n) is 7.36. The number of ether oxygens (including phenoxy) is 1. The Morgan fingerprint density at radius 1 is 1.25 bits per heavy atom. The number of sulfone groups is 1. The zero-order valence-corrected chi connectivity index (χ0v) is 17.3. The van der Waals surface area contributed by atoms with E-state index in [4.69, 9.17) is 16.3 Å². The molecule has 3 rings (SSSR count). The fourth-order valence-corrected chi connectivity index (χ4v) is 5.19. The Bertz CT molecular complexity index is 970. The van der Waals surface area contributed by atoms with Gasteiger partial charge in [0.15, 0.2) is 0 Å². The van der Waals surface area contributed by atoms with E-state index in [2.05, 4.69) is 10.4 Å². The maximum absolute atomic E-state index is 12.6. The molecule has 1 aromatic heterocycles. The van der Waals surface area contributed by atoms with E-state index in [1.54, 1.807) is 0 Å². The lowest BCUT2D eigenvalue weighted by Crippen LogP contribution is -2.41. The highest BCUT2D eigenvalue weighted by molar-refractivity contribution is 7.90. The fourth-order valence-electron chi connectivity index (χ4n) is 3.47. The van der Waals surface area contributed by atoms with E-state index in [1.165, 1.54) is 17.1 Å². The molecule has 1 N–H and O–H groups in total. The van der Waals surface area contributed by atoms with Gasteiger partial charge in [-0.25, -0.2) is 13.1 Å². The second-order valence-corrected chi connectivity index (χ2v) is 9.87. The van der Waals surface area contributed by atoms with Crippen LogP contribution in [0.2, 0.25) is 5.02 Å². The summed E-state index contributed by atoms with van der Waals surface area (Å²) < 4.78 is 30.5. The summed E-state index contributed by atoms with van der Waals surface area (Å²) in [7, 11) is -3.16. The van der Waals surface area contributed by atoms with Crippen LogP contribution in [0.25, 0.3) is 0 Å². The topological polar surface area (TPSA) is 90.3 Å². The molecule has 0 amide bonds. The van der Waals surface area contributed by atoms with Crippen LogP contribution in [0.5, 0.6) is 0 Å². The van der Waals surface area contributed by atoms with E-state index < -0.39 is 15.3 Å². The van der Waals surface area contributed by atoms with E-state index in [0.29, 0.717) is 44.8 Å². The maximum atomic E-state index is 12.6. The van der Waals surface area contributed by atoms with Gasteiger partial charge in [0.25, 0.3) is 5.56 Å². The monoisotopic (exact) mass is 425 g/mol. The first kappa shape index (κ1) is 20.8. The average molecular weight is 426 g/mol. The predicted octanol–water partition coefficient (Wildman–Crippen LogP) is 2.20. The molecule has 28 heavy (non-hydrogen) atoms. The second kappa shape index (κ2) is 8.63. The Morgan fingerprint density at radius 2 is 1.93 bits per heavy atom. The standard InChI is InChI=1S/C19H24ClN3O4S/c1-28(25,26)14-19(7-9-27-10-8-19)13-21-16-11-22-23(18(24)17(16)20)12-15-5-3-2-4-6-15/h2-6,11,21H,7-10,12-14H2,1H3. The van der Waals surface area contributed by atoms with Crippen molar-refractivity contribution in [3.05, 3.63) is 57.5 Å². The van der Waals surface area contributed by atoms with Crippen LogP contribution >= 0.6 is 11.6 Å². The Balaban J connectivity index is 1.76. The molecule has 0 radical (unpaired) electrons. The van der Waals surface area contributed by atoms with Crippen molar-refractivity contribution in [3.8, 4) is 0 Å². The van der Waals surface area contributed by atoms with Crippen LogP contribution in [0.1, 0.15) is 18.4 Å². The van der Waals surface area contributed by atoms with Crippen LogP contribution in [0.3, 0.4) is 0 Å². The molecule has 0 atom stereocenters. The van der Waals surface area contributed by atoms with E-state index in [1.807, 2.05) is 30.3 Å².